The van der Waals surface area contributed by atoms with Crippen LogP contribution in [0.15, 0.2) is 42.7 Å². The molecule has 4 heteroatoms. The van der Waals surface area contributed by atoms with Crippen molar-refractivity contribution in [3.63, 3.8) is 0 Å². The van der Waals surface area contributed by atoms with Crippen molar-refractivity contribution in [3.8, 4) is 11.5 Å². The van der Waals surface area contributed by atoms with Crippen LogP contribution in [0.2, 0.25) is 0 Å². The highest BCUT2D eigenvalue weighted by Crippen LogP contribution is 2.29. The Morgan fingerprint density at radius 2 is 1.86 bits per heavy atom. The molecule has 4 nitrogen and oxygen atoms in total. The second-order valence-corrected chi connectivity index (χ2v) is 4.89. The van der Waals surface area contributed by atoms with E-state index >= 15 is 0 Å². The molecule has 21 heavy (non-hydrogen) atoms. The van der Waals surface area contributed by atoms with Gasteiger partial charge in [-0.05, 0) is 43.7 Å². The molecule has 0 radical (unpaired) electrons. The first-order chi connectivity index (χ1) is 10.2. The molecule has 0 bridgehead atoms. The van der Waals surface area contributed by atoms with Crippen molar-refractivity contribution in [1.29, 1.82) is 0 Å². The van der Waals surface area contributed by atoms with Gasteiger partial charge in [-0.25, -0.2) is 0 Å². The van der Waals surface area contributed by atoms with Crippen LogP contribution in [-0.2, 0) is 6.42 Å². The number of nitrogens with one attached hydrogen (secondary N) is 1. The van der Waals surface area contributed by atoms with Gasteiger partial charge < -0.3 is 14.8 Å². The van der Waals surface area contributed by atoms with E-state index < -0.39 is 0 Å². The molecule has 2 rings (SSSR count). The third-order valence-corrected chi connectivity index (χ3v) is 3.52. The summed E-state index contributed by atoms with van der Waals surface area (Å²) in [6.45, 7) is 3.04. The smallest absolute Gasteiger partial charge is 0.127 e. The number of aromatic nitrogens is 1. The summed E-state index contributed by atoms with van der Waals surface area (Å²) >= 11 is 0. The van der Waals surface area contributed by atoms with Crippen LogP contribution in [-0.4, -0.2) is 25.7 Å². The van der Waals surface area contributed by atoms with Crippen molar-refractivity contribution in [2.75, 3.05) is 20.8 Å². The lowest BCUT2D eigenvalue weighted by atomic mass is 10.1. The van der Waals surface area contributed by atoms with Crippen molar-refractivity contribution in [2.45, 2.75) is 19.4 Å². The van der Waals surface area contributed by atoms with E-state index in [4.69, 9.17) is 9.47 Å². The number of pyridine rings is 1. The Morgan fingerprint density at radius 3 is 2.52 bits per heavy atom. The summed E-state index contributed by atoms with van der Waals surface area (Å²) in [6, 6.07) is 10.2. The fourth-order valence-corrected chi connectivity index (χ4v) is 2.27. The van der Waals surface area contributed by atoms with Crippen molar-refractivity contribution < 1.29 is 9.47 Å². The summed E-state index contributed by atoms with van der Waals surface area (Å²) < 4.78 is 10.7. The van der Waals surface area contributed by atoms with Crippen LogP contribution in [0.25, 0.3) is 0 Å². The summed E-state index contributed by atoms with van der Waals surface area (Å²) in [7, 11) is 3.34. The average Bonchev–Trinajstić information content (AvgIpc) is 2.55. The van der Waals surface area contributed by atoms with Gasteiger partial charge in [0.25, 0.3) is 0 Å². The maximum Gasteiger partial charge on any atom is 0.127 e. The van der Waals surface area contributed by atoms with Gasteiger partial charge in [0.05, 0.1) is 14.2 Å². The molecule has 0 aliphatic rings. The summed E-state index contributed by atoms with van der Waals surface area (Å²) in [5.41, 5.74) is 2.42. The van der Waals surface area contributed by atoms with E-state index in [1.165, 1.54) is 5.56 Å². The first-order valence-electron chi connectivity index (χ1n) is 7.09. The lowest BCUT2D eigenvalue weighted by molar-refractivity contribution is 0.386. The molecule has 1 heterocycles. The number of nitrogens with zero attached hydrogens (tertiary/aromatic N) is 1. The number of rotatable bonds is 7. The largest absolute Gasteiger partial charge is 0.497 e. The topological polar surface area (TPSA) is 43.4 Å². The summed E-state index contributed by atoms with van der Waals surface area (Å²) in [6.07, 6.45) is 4.63. The Morgan fingerprint density at radius 1 is 1.10 bits per heavy atom. The molecule has 0 saturated carbocycles. The maximum atomic E-state index is 5.45. The van der Waals surface area contributed by atoms with E-state index in [-0.39, 0.29) is 6.04 Å². The van der Waals surface area contributed by atoms with E-state index in [0.29, 0.717) is 0 Å². The fourth-order valence-electron chi connectivity index (χ4n) is 2.27. The SMILES string of the molecule is COc1ccc(C(C)NCCc2ccncc2)c(OC)c1. The zero-order valence-electron chi connectivity index (χ0n) is 12.8. The molecular weight excluding hydrogens is 264 g/mol. The molecule has 1 atom stereocenters. The molecule has 1 aromatic heterocycles. The average molecular weight is 286 g/mol. The molecule has 1 unspecified atom stereocenters. The summed E-state index contributed by atoms with van der Waals surface area (Å²) in [5.74, 6) is 1.65. The molecule has 0 aliphatic heterocycles. The highest BCUT2D eigenvalue weighted by molar-refractivity contribution is 5.42. The number of benzene rings is 1. The summed E-state index contributed by atoms with van der Waals surface area (Å²) in [5, 5.41) is 3.52. The zero-order chi connectivity index (χ0) is 15.1. The van der Waals surface area contributed by atoms with Gasteiger partial charge >= 0.3 is 0 Å². The predicted octanol–water partition coefficient (Wildman–Crippen LogP) is 2.99. The van der Waals surface area contributed by atoms with E-state index in [1.807, 2.05) is 42.7 Å². The quantitative estimate of drug-likeness (QED) is 0.849. The molecule has 0 saturated heterocycles. The van der Waals surface area contributed by atoms with Gasteiger partial charge in [-0.1, -0.05) is 6.07 Å². The Bertz CT molecular complexity index is 558. The first kappa shape index (κ1) is 15.3. The third-order valence-electron chi connectivity index (χ3n) is 3.52. The van der Waals surface area contributed by atoms with Crippen molar-refractivity contribution in [2.24, 2.45) is 0 Å². The van der Waals surface area contributed by atoms with Gasteiger partial charge in [-0.15, -0.1) is 0 Å². The van der Waals surface area contributed by atoms with Crippen LogP contribution in [0, 0.1) is 0 Å². The highest BCUT2D eigenvalue weighted by atomic mass is 16.5. The summed E-state index contributed by atoms with van der Waals surface area (Å²) in [4.78, 5) is 4.03. The molecule has 2 aromatic rings. The third kappa shape index (κ3) is 4.20. The van der Waals surface area contributed by atoms with E-state index in [1.54, 1.807) is 14.2 Å². The number of hydrogen-bond acceptors (Lipinski definition) is 4. The molecule has 1 N–H and O–H groups in total. The lowest BCUT2D eigenvalue weighted by Crippen LogP contribution is -2.21. The predicted molar refractivity (Wildman–Crippen MR) is 83.9 cm³/mol. The first-order valence-corrected chi connectivity index (χ1v) is 7.09. The van der Waals surface area contributed by atoms with Crippen molar-refractivity contribution >= 4 is 0 Å². The van der Waals surface area contributed by atoms with Gasteiger partial charge in [0.2, 0.25) is 0 Å². The van der Waals surface area contributed by atoms with Crippen LogP contribution in [0.5, 0.6) is 11.5 Å². The molecule has 0 amide bonds. The monoisotopic (exact) mass is 286 g/mol. The normalized spacial score (nSPS) is 12.0. The van der Waals surface area contributed by atoms with Crippen LogP contribution >= 0.6 is 0 Å². The Balaban J connectivity index is 1.95. The van der Waals surface area contributed by atoms with Crippen molar-refractivity contribution in [3.05, 3.63) is 53.9 Å². The highest BCUT2D eigenvalue weighted by Gasteiger charge is 2.11. The molecule has 1 aromatic carbocycles. The Hall–Kier alpha value is -2.07. The zero-order valence-corrected chi connectivity index (χ0v) is 12.8. The van der Waals surface area contributed by atoms with Gasteiger partial charge in [-0.2, -0.15) is 0 Å². The number of hydrogen-bond donors (Lipinski definition) is 1. The molecule has 112 valence electrons. The second kappa shape index (κ2) is 7.64. The number of ether oxygens (including phenoxy) is 2. The fraction of sp³-hybridized carbons (Fsp3) is 0.353. The molecule has 0 spiro atoms. The van der Waals surface area contributed by atoms with Gasteiger partial charge in [0.1, 0.15) is 11.5 Å². The minimum Gasteiger partial charge on any atom is -0.497 e. The van der Waals surface area contributed by atoms with E-state index in [9.17, 15) is 0 Å². The van der Waals surface area contributed by atoms with Crippen LogP contribution < -0.4 is 14.8 Å². The van der Waals surface area contributed by atoms with E-state index in [2.05, 4.69) is 17.2 Å². The van der Waals surface area contributed by atoms with Crippen LogP contribution in [0.3, 0.4) is 0 Å². The lowest BCUT2D eigenvalue weighted by Gasteiger charge is -2.18. The van der Waals surface area contributed by atoms with E-state index in [0.717, 1.165) is 30.0 Å². The van der Waals surface area contributed by atoms with Crippen LogP contribution in [0.4, 0.5) is 0 Å². The van der Waals surface area contributed by atoms with Gasteiger partial charge in [-0.3, -0.25) is 4.98 Å². The second-order valence-electron chi connectivity index (χ2n) is 4.89. The molecular formula is C17H22N2O2. The number of methoxy groups -OCH3 is 2. The minimum absolute atomic E-state index is 0.215. The molecule has 0 fully saturated rings. The van der Waals surface area contributed by atoms with Crippen molar-refractivity contribution in [1.82, 2.24) is 10.3 Å². The van der Waals surface area contributed by atoms with Crippen LogP contribution in [0.1, 0.15) is 24.1 Å². The maximum absolute atomic E-state index is 5.45. The van der Waals surface area contributed by atoms with Gasteiger partial charge in [0.15, 0.2) is 0 Å². The Labute approximate surface area is 126 Å². The minimum atomic E-state index is 0.215. The van der Waals surface area contributed by atoms with Gasteiger partial charge in [0, 0.05) is 30.1 Å². The Kier molecular flexibility index (Phi) is 5.58. The standard InChI is InChI=1S/C17H22N2O2/c1-13(19-11-8-14-6-9-18-10-7-14)16-5-4-15(20-2)12-17(16)21-3/h4-7,9-10,12-13,19H,8,11H2,1-3H3. The molecule has 0 aliphatic carbocycles.